The number of fused-ring (bicyclic) bond motifs is 1. The molecule has 0 radical (unpaired) electrons. The first kappa shape index (κ1) is 18.5. The van der Waals surface area contributed by atoms with Crippen molar-refractivity contribution >= 4 is 34.3 Å². The molecule has 5 nitrogen and oxygen atoms in total. The van der Waals surface area contributed by atoms with Crippen molar-refractivity contribution in [3.05, 3.63) is 70.6 Å². The van der Waals surface area contributed by atoms with Gasteiger partial charge < -0.3 is 15.6 Å². The van der Waals surface area contributed by atoms with Crippen molar-refractivity contribution in [2.75, 3.05) is 0 Å². The number of benzene rings is 2. The van der Waals surface area contributed by atoms with Gasteiger partial charge in [0.05, 0.1) is 10.6 Å². The molecular weight excluding hydrogens is 381 g/mol. The Morgan fingerprint density at radius 1 is 1.32 bits per heavy atom. The van der Waals surface area contributed by atoms with E-state index in [9.17, 15) is 14.0 Å². The smallest absolute Gasteiger partial charge is 0.252 e. The number of primary amides is 1. The van der Waals surface area contributed by atoms with Gasteiger partial charge in [-0.2, -0.15) is 0 Å². The fourth-order valence-electron chi connectivity index (χ4n) is 3.87. The molecule has 2 amide bonds. The summed E-state index contributed by atoms with van der Waals surface area (Å²) < 4.78 is 15.2. The molecule has 0 bridgehead atoms. The highest BCUT2D eigenvalue weighted by atomic mass is 35.5. The molecule has 1 aliphatic rings. The van der Waals surface area contributed by atoms with E-state index in [0.29, 0.717) is 5.56 Å². The van der Waals surface area contributed by atoms with E-state index in [0.717, 1.165) is 22.9 Å². The van der Waals surface area contributed by atoms with Crippen LogP contribution in [0.5, 0.6) is 0 Å². The van der Waals surface area contributed by atoms with E-state index in [1.54, 1.807) is 4.57 Å². The first-order valence-corrected chi connectivity index (χ1v) is 9.34. The van der Waals surface area contributed by atoms with Gasteiger partial charge in [-0.25, -0.2) is 4.39 Å². The lowest BCUT2D eigenvalue weighted by atomic mass is 9.98. The van der Waals surface area contributed by atoms with Crippen LogP contribution in [0.1, 0.15) is 29.3 Å². The summed E-state index contributed by atoms with van der Waals surface area (Å²) in [6, 6.07) is 11.7. The predicted octanol–water partition coefficient (Wildman–Crippen LogP) is 3.58. The maximum atomic E-state index is 13.4. The molecule has 144 valence electrons. The highest BCUT2D eigenvalue weighted by molar-refractivity contribution is 6.31. The standard InChI is InChI=1S/C21H19ClFN3O2/c1-12-10-21(12,25-20(28)13-5-6-17(23)16(22)9-13)15-3-2-4-18-14(15)7-8-26(18)11-19(24)27/h2-9,12H,10-11H2,1H3,(H2,24,27)(H,25,28). The molecule has 1 aliphatic carbocycles. The number of carbonyl (C=O) groups excluding carboxylic acids is 2. The Bertz CT molecular complexity index is 1110. The van der Waals surface area contributed by atoms with Gasteiger partial charge >= 0.3 is 0 Å². The Morgan fingerprint density at radius 3 is 2.71 bits per heavy atom. The highest BCUT2D eigenvalue weighted by Crippen LogP contribution is 2.53. The van der Waals surface area contributed by atoms with E-state index >= 15 is 0 Å². The number of nitrogens with zero attached hydrogens (tertiary/aromatic N) is 1. The average molecular weight is 400 g/mol. The third-order valence-corrected chi connectivity index (χ3v) is 5.74. The van der Waals surface area contributed by atoms with Crippen molar-refractivity contribution in [3.8, 4) is 0 Å². The maximum absolute atomic E-state index is 13.4. The number of hydrogen-bond acceptors (Lipinski definition) is 2. The lowest BCUT2D eigenvalue weighted by Crippen LogP contribution is -2.36. The second-order valence-corrected chi connectivity index (χ2v) is 7.72. The monoisotopic (exact) mass is 399 g/mol. The molecule has 2 aromatic carbocycles. The lowest BCUT2D eigenvalue weighted by Gasteiger charge is -2.21. The number of amides is 2. The molecule has 1 fully saturated rings. The fourth-order valence-corrected chi connectivity index (χ4v) is 4.05. The van der Waals surface area contributed by atoms with Gasteiger partial charge in [0.1, 0.15) is 12.4 Å². The molecule has 2 atom stereocenters. The summed E-state index contributed by atoms with van der Waals surface area (Å²) in [4.78, 5) is 24.1. The third kappa shape index (κ3) is 3.03. The predicted molar refractivity (Wildman–Crippen MR) is 105 cm³/mol. The first-order valence-electron chi connectivity index (χ1n) is 8.96. The molecular formula is C21H19ClFN3O2. The summed E-state index contributed by atoms with van der Waals surface area (Å²) in [5.41, 5.74) is 6.99. The van der Waals surface area contributed by atoms with Crippen LogP contribution in [0.4, 0.5) is 4.39 Å². The minimum atomic E-state index is -0.562. The molecule has 0 aliphatic heterocycles. The van der Waals surface area contributed by atoms with Crippen molar-refractivity contribution in [2.45, 2.75) is 25.4 Å². The van der Waals surface area contributed by atoms with E-state index in [2.05, 4.69) is 12.2 Å². The molecule has 4 rings (SSSR count). The van der Waals surface area contributed by atoms with E-state index in [1.807, 2.05) is 30.5 Å². The largest absolute Gasteiger partial charge is 0.368 e. The van der Waals surface area contributed by atoms with Gasteiger partial charge in [-0.3, -0.25) is 9.59 Å². The fraction of sp³-hybridized carbons (Fsp3) is 0.238. The van der Waals surface area contributed by atoms with Crippen LogP contribution in [0.15, 0.2) is 48.7 Å². The zero-order chi connectivity index (χ0) is 20.1. The Hall–Kier alpha value is -2.86. The van der Waals surface area contributed by atoms with Gasteiger partial charge in [-0.05, 0) is 48.2 Å². The van der Waals surface area contributed by atoms with Gasteiger partial charge in [-0.1, -0.05) is 30.7 Å². The van der Waals surface area contributed by atoms with Crippen molar-refractivity contribution < 1.29 is 14.0 Å². The van der Waals surface area contributed by atoms with E-state index in [-0.39, 0.29) is 23.4 Å². The van der Waals surface area contributed by atoms with Crippen molar-refractivity contribution in [1.29, 1.82) is 0 Å². The summed E-state index contributed by atoms with van der Waals surface area (Å²) >= 11 is 5.82. The topological polar surface area (TPSA) is 77.1 Å². The molecule has 28 heavy (non-hydrogen) atoms. The maximum Gasteiger partial charge on any atom is 0.252 e. The van der Waals surface area contributed by atoms with Crippen LogP contribution in [0, 0.1) is 11.7 Å². The second-order valence-electron chi connectivity index (χ2n) is 7.31. The van der Waals surface area contributed by atoms with Crippen LogP contribution in [0.25, 0.3) is 10.9 Å². The van der Waals surface area contributed by atoms with E-state index in [1.165, 1.54) is 18.2 Å². The van der Waals surface area contributed by atoms with Crippen molar-refractivity contribution in [1.82, 2.24) is 9.88 Å². The molecule has 0 spiro atoms. The van der Waals surface area contributed by atoms with Crippen molar-refractivity contribution in [3.63, 3.8) is 0 Å². The quantitative estimate of drug-likeness (QED) is 0.687. The van der Waals surface area contributed by atoms with E-state index < -0.39 is 17.3 Å². The number of rotatable bonds is 5. The molecule has 7 heteroatoms. The number of halogens is 2. The summed E-state index contributed by atoms with van der Waals surface area (Å²) in [5, 5.41) is 3.99. The number of carbonyl (C=O) groups is 2. The van der Waals surface area contributed by atoms with Crippen LogP contribution in [0.3, 0.4) is 0 Å². The normalized spacial score (nSPS) is 20.9. The Balaban J connectivity index is 1.70. The molecule has 0 saturated heterocycles. The van der Waals surface area contributed by atoms with Crippen LogP contribution < -0.4 is 11.1 Å². The van der Waals surface area contributed by atoms with Crippen LogP contribution >= 0.6 is 11.6 Å². The summed E-state index contributed by atoms with van der Waals surface area (Å²) in [7, 11) is 0. The Morgan fingerprint density at radius 2 is 2.07 bits per heavy atom. The number of hydrogen-bond donors (Lipinski definition) is 2. The summed E-state index contributed by atoms with van der Waals surface area (Å²) in [6.45, 7) is 2.16. The zero-order valence-corrected chi connectivity index (χ0v) is 16.0. The Labute approximate surface area is 166 Å². The molecule has 3 N–H and O–H groups in total. The molecule has 1 aromatic heterocycles. The highest BCUT2D eigenvalue weighted by Gasteiger charge is 2.54. The summed E-state index contributed by atoms with van der Waals surface area (Å²) in [6.07, 6.45) is 2.61. The van der Waals surface area contributed by atoms with Gasteiger partial charge in [-0.15, -0.1) is 0 Å². The zero-order valence-electron chi connectivity index (χ0n) is 15.2. The number of aromatic nitrogens is 1. The molecule has 2 unspecified atom stereocenters. The average Bonchev–Trinajstić information content (AvgIpc) is 3.11. The van der Waals surface area contributed by atoms with Gasteiger partial charge in [0.15, 0.2) is 0 Å². The molecule has 1 saturated carbocycles. The number of nitrogens with two attached hydrogens (primary N) is 1. The van der Waals surface area contributed by atoms with Crippen LogP contribution in [-0.4, -0.2) is 16.4 Å². The van der Waals surface area contributed by atoms with Gasteiger partial charge in [0.25, 0.3) is 5.91 Å². The molecule has 3 aromatic rings. The van der Waals surface area contributed by atoms with Crippen LogP contribution in [0.2, 0.25) is 5.02 Å². The minimum absolute atomic E-state index is 0.0869. The third-order valence-electron chi connectivity index (χ3n) is 5.45. The van der Waals surface area contributed by atoms with Gasteiger partial charge in [0.2, 0.25) is 5.91 Å². The Kier molecular flexibility index (Phi) is 4.38. The van der Waals surface area contributed by atoms with E-state index in [4.69, 9.17) is 17.3 Å². The van der Waals surface area contributed by atoms with Crippen molar-refractivity contribution in [2.24, 2.45) is 11.7 Å². The van der Waals surface area contributed by atoms with Gasteiger partial charge in [0, 0.05) is 22.7 Å². The summed E-state index contributed by atoms with van der Waals surface area (Å²) in [5.74, 6) is -1.05. The molecule has 1 heterocycles. The number of nitrogens with one attached hydrogen (secondary N) is 1. The first-order chi connectivity index (χ1) is 13.3. The minimum Gasteiger partial charge on any atom is -0.368 e. The van der Waals surface area contributed by atoms with Crippen LogP contribution in [-0.2, 0) is 16.9 Å². The SMILES string of the molecule is CC1CC1(NC(=O)c1ccc(F)c(Cl)c1)c1cccc2c1ccn2CC(N)=O. The second kappa shape index (κ2) is 6.63. The lowest BCUT2D eigenvalue weighted by molar-refractivity contribution is -0.118.